The van der Waals surface area contributed by atoms with E-state index in [2.05, 4.69) is 38.8 Å². The van der Waals surface area contributed by atoms with Crippen molar-refractivity contribution >= 4 is 26.6 Å². The molecule has 4 atom stereocenters. The second-order valence-electron chi connectivity index (χ2n) is 10.4. The summed E-state index contributed by atoms with van der Waals surface area (Å²) in [6.45, 7) is 22.0. The highest BCUT2D eigenvalue weighted by Gasteiger charge is 2.43. The van der Waals surface area contributed by atoms with Crippen LogP contribution in [0.25, 0.3) is 6.08 Å². The van der Waals surface area contributed by atoms with Crippen LogP contribution < -0.4 is 0 Å². The Morgan fingerprint density at radius 2 is 1.77 bits per heavy atom. The first-order chi connectivity index (χ1) is 14.1. The molecule has 31 heavy (non-hydrogen) atoms. The number of aromatic nitrogens is 1. The predicted molar refractivity (Wildman–Crippen MR) is 126 cm³/mol. The van der Waals surface area contributed by atoms with E-state index in [1.54, 1.807) is 13.2 Å². The number of hydrogen-bond acceptors (Lipinski definition) is 6. The Labute approximate surface area is 188 Å². The topological polar surface area (TPSA) is 78.6 Å². The van der Waals surface area contributed by atoms with Crippen LogP contribution in [0.2, 0.25) is 18.1 Å². The van der Waals surface area contributed by atoms with Gasteiger partial charge in [-0.3, -0.25) is 4.79 Å². The zero-order chi connectivity index (χ0) is 24.1. The number of aldehydes is 1. The van der Waals surface area contributed by atoms with E-state index in [1.807, 2.05) is 40.7 Å². The molecule has 0 amide bonds. The van der Waals surface area contributed by atoms with Crippen molar-refractivity contribution in [1.29, 1.82) is 0 Å². The van der Waals surface area contributed by atoms with Crippen LogP contribution in [-0.2, 0) is 18.8 Å². The van der Waals surface area contributed by atoms with Gasteiger partial charge < -0.3 is 18.4 Å². The van der Waals surface area contributed by atoms with E-state index in [-0.39, 0.29) is 34.9 Å². The molecule has 0 N–H and O–H groups in total. The van der Waals surface area contributed by atoms with Crippen molar-refractivity contribution in [3.8, 4) is 0 Å². The molecule has 0 saturated heterocycles. The summed E-state index contributed by atoms with van der Waals surface area (Å²) >= 11 is 0. The molecule has 0 radical (unpaired) electrons. The lowest BCUT2D eigenvalue weighted by Gasteiger charge is -2.43. The van der Waals surface area contributed by atoms with Crippen LogP contribution >= 0.6 is 0 Å². The van der Waals surface area contributed by atoms with Crippen molar-refractivity contribution < 1.29 is 23.2 Å². The summed E-state index contributed by atoms with van der Waals surface area (Å²) in [6.07, 6.45) is 3.42. The average molecular weight is 452 g/mol. The van der Waals surface area contributed by atoms with Gasteiger partial charge in [0.1, 0.15) is 24.3 Å². The van der Waals surface area contributed by atoms with Gasteiger partial charge in [-0.15, -0.1) is 0 Å². The van der Waals surface area contributed by atoms with Gasteiger partial charge in [0, 0.05) is 18.8 Å². The van der Waals surface area contributed by atoms with Gasteiger partial charge in [-0.1, -0.05) is 48.5 Å². The number of hydrogen-bond donors (Lipinski definition) is 0. The maximum absolute atomic E-state index is 12.5. The summed E-state index contributed by atoms with van der Waals surface area (Å²) in [4.78, 5) is 28.7. The second kappa shape index (κ2) is 10.7. The van der Waals surface area contributed by atoms with E-state index in [1.165, 1.54) is 0 Å². The molecule has 0 spiro atoms. The molecule has 0 fully saturated rings. The smallest absolute Gasteiger partial charge is 0.308 e. The molecule has 1 aromatic rings. The lowest BCUT2D eigenvalue weighted by Crippen LogP contribution is -2.50. The molecule has 7 heteroatoms. The molecular weight excluding hydrogens is 410 g/mol. The van der Waals surface area contributed by atoms with Crippen molar-refractivity contribution in [3.05, 3.63) is 23.4 Å². The fourth-order valence-corrected chi connectivity index (χ4v) is 4.56. The number of nitrogens with zero attached hydrogens (tertiary/aromatic N) is 1. The van der Waals surface area contributed by atoms with Crippen molar-refractivity contribution in [2.24, 2.45) is 17.8 Å². The average Bonchev–Trinajstić information content (AvgIpc) is 3.06. The Balaban J connectivity index is 3.38. The SMILES string of the molecule is C/C(=C\c1coc(C)n1)[C@H](OC(=O)C(C)C)[C@H](C)[C@@H](O[Si](C)(C)C(C)(C)C)[C@@H](C)C=O. The molecule has 1 aromatic heterocycles. The highest BCUT2D eigenvalue weighted by atomic mass is 28.4. The third-order valence-electron chi connectivity index (χ3n) is 6.14. The molecule has 0 bridgehead atoms. The molecule has 6 nitrogen and oxygen atoms in total. The molecule has 0 aromatic carbocycles. The number of carbonyl (C=O) groups excluding carboxylic acids is 2. The summed E-state index contributed by atoms with van der Waals surface area (Å²) in [5.74, 6) is -0.560. The first kappa shape index (κ1) is 27.3. The molecule has 0 saturated carbocycles. The molecule has 1 heterocycles. The Morgan fingerprint density at radius 1 is 1.19 bits per heavy atom. The largest absolute Gasteiger partial charge is 0.457 e. The van der Waals surface area contributed by atoms with Crippen LogP contribution in [0.1, 0.15) is 67.0 Å². The van der Waals surface area contributed by atoms with Crippen molar-refractivity contribution in [2.45, 2.75) is 92.7 Å². The van der Waals surface area contributed by atoms with Crippen molar-refractivity contribution in [2.75, 3.05) is 0 Å². The monoisotopic (exact) mass is 451 g/mol. The predicted octanol–water partition coefficient (Wildman–Crippen LogP) is 5.82. The Morgan fingerprint density at radius 3 is 2.19 bits per heavy atom. The van der Waals surface area contributed by atoms with Crippen LogP contribution in [0, 0.1) is 24.7 Å². The van der Waals surface area contributed by atoms with Gasteiger partial charge in [0.05, 0.1) is 12.0 Å². The Hall–Kier alpha value is -1.73. The minimum Gasteiger partial charge on any atom is -0.457 e. The number of carbonyl (C=O) groups is 2. The summed E-state index contributed by atoms with van der Waals surface area (Å²) < 4.78 is 17.9. The lowest BCUT2D eigenvalue weighted by molar-refractivity contribution is -0.155. The van der Waals surface area contributed by atoms with Gasteiger partial charge in [-0.2, -0.15) is 0 Å². The molecule has 0 aliphatic carbocycles. The van der Waals surface area contributed by atoms with Gasteiger partial charge in [-0.05, 0) is 36.7 Å². The second-order valence-corrected chi connectivity index (χ2v) is 15.1. The Kier molecular flexibility index (Phi) is 9.45. The first-order valence-corrected chi connectivity index (χ1v) is 14.0. The number of ether oxygens (including phenoxy) is 1. The number of esters is 1. The minimum atomic E-state index is -2.17. The summed E-state index contributed by atoms with van der Waals surface area (Å²) in [5, 5.41) is -0.0131. The molecule has 176 valence electrons. The van der Waals surface area contributed by atoms with Crippen molar-refractivity contribution in [3.63, 3.8) is 0 Å². The number of rotatable bonds is 10. The van der Waals surface area contributed by atoms with E-state index in [9.17, 15) is 9.59 Å². The van der Waals surface area contributed by atoms with E-state index in [4.69, 9.17) is 13.6 Å². The van der Waals surface area contributed by atoms with Crippen LogP contribution in [0.5, 0.6) is 0 Å². The van der Waals surface area contributed by atoms with Gasteiger partial charge in [0.15, 0.2) is 14.2 Å². The molecule has 1 rings (SSSR count). The maximum Gasteiger partial charge on any atom is 0.308 e. The van der Waals surface area contributed by atoms with Crippen LogP contribution in [0.15, 0.2) is 16.3 Å². The standard InChI is InChI=1S/C24H41NO5Si/c1-15(2)23(27)29-21(16(3)12-20-14-28-19(6)25-20)18(5)22(17(4)13-26)30-31(10,11)24(7,8)9/h12-15,17-18,21-22H,1-11H3/b16-12+/t17-,18-,21-,22-/m0/s1. The molecule has 0 aliphatic heterocycles. The fourth-order valence-electron chi connectivity index (χ4n) is 3.10. The lowest BCUT2D eigenvalue weighted by atomic mass is 9.86. The van der Waals surface area contributed by atoms with Gasteiger partial charge >= 0.3 is 5.97 Å². The fraction of sp³-hybridized carbons (Fsp3) is 0.708. The van der Waals surface area contributed by atoms with E-state index in [0.717, 1.165) is 11.9 Å². The van der Waals surface area contributed by atoms with Crippen LogP contribution in [-0.4, -0.2) is 37.8 Å². The third kappa shape index (κ3) is 7.42. The number of aryl methyl sites for hydroxylation is 1. The molecule has 0 aliphatic rings. The normalized spacial score (nSPS) is 17.2. The van der Waals surface area contributed by atoms with Crippen molar-refractivity contribution in [1.82, 2.24) is 4.98 Å². The summed E-state index contributed by atoms with van der Waals surface area (Å²) in [7, 11) is -2.17. The van der Waals surface area contributed by atoms with Gasteiger partial charge in [-0.25, -0.2) is 4.98 Å². The first-order valence-electron chi connectivity index (χ1n) is 11.0. The van der Waals surface area contributed by atoms with E-state index >= 15 is 0 Å². The highest BCUT2D eigenvalue weighted by molar-refractivity contribution is 6.74. The summed E-state index contributed by atoms with van der Waals surface area (Å²) in [6, 6.07) is 0. The molecule has 0 unspecified atom stereocenters. The van der Waals surface area contributed by atoms with Gasteiger partial charge in [0.25, 0.3) is 0 Å². The van der Waals surface area contributed by atoms with E-state index in [0.29, 0.717) is 11.6 Å². The quantitative estimate of drug-likeness (QED) is 0.253. The minimum absolute atomic E-state index is 0.0131. The third-order valence-corrected chi connectivity index (χ3v) is 10.6. The van der Waals surface area contributed by atoms with E-state index < -0.39 is 14.4 Å². The zero-order valence-corrected chi connectivity index (χ0v) is 22.1. The number of oxazole rings is 1. The summed E-state index contributed by atoms with van der Waals surface area (Å²) in [5.41, 5.74) is 1.50. The maximum atomic E-state index is 12.5. The van der Waals surface area contributed by atoms with Gasteiger partial charge in [0.2, 0.25) is 0 Å². The Bertz CT molecular complexity index is 775. The zero-order valence-electron chi connectivity index (χ0n) is 21.1. The van der Waals surface area contributed by atoms with Crippen LogP contribution in [0.3, 0.4) is 0 Å². The highest BCUT2D eigenvalue weighted by Crippen LogP contribution is 2.40. The van der Waals surface area contributed by atoms with Crippen LogP contribution in [0.4, 0.5) is 0 Å². The molecular formula is C24H41NO5Si.